The van der Waals surface area contributed by atoms with Gasteiger partial charge in [-0.25, -0.2) is 0 Å². The lowest BCUT2D eigenvalue weighted by Crippen LogP contribution is -2.13. The lowest BCUT2D eigenvalue weighted by atomic mass is 10.1. The summed E-state index contributed by atoms with van der Waals surface area (Å²) in [5.74, 6) is 0.528. The second-order valence-electron chi connectivity index (χ2n) is 3.05. The molecule has 0 N–H and O–H groups in total. The van der Waals surface area contributed by atoms with Crippen molar-refractivity contribution in [3.63, 3.8) is 0 Å². The van der Waals surface area contributed by atoms with Crippen molar-refractivity contribution in [2.24, 2.45) is 0 Å². The number of methoxy groups -OCH3 is 1. The summed E-state index contributed by atoms with van der Waals surface area (Å²) in [4.78, 5) is 11.2. The monoisotopic (exact) mass is 200 g/mol. The smallest absolute Gasteiger partial charge is 0.197 e. The van der Waals surface area contributed by atoms with E-state index in [9.17, 15) is 4.79 Å². The number of Topliss-reactive ketones (excluding diaryl/α,β-unsaturated/α-hetero) is 1. The van der Waals surface area contributed by atoms with Crippen molar-refractivity contribution in [1.82, 2.24) is 0 Å². The Bertz CT molecular complexity index is 210. The Morgan fingerprint density at radius 3 is 3.00 bits per heavy atom. The van der Waals surface area contributed by atoms with Crippen LogP contribution in [0.5, 0.6) is 0 Å². The van der Waals surface area contributed by atoms with Crippen molar-refractivity contribution in [3.05, 3.63) is 11.8 Å². The molecular weight excluding hydrogens is 184 g/mol. The average molecular weight is 200 g/mol. The maximum atomic E-state index is 11.2. The molecule has 0 atom stereocenters. The van der Waals surface area contributed by atoms with E-state index in [1.165, 1.54) is 0 Å². The lowest BCUT2D eigenvalue weighted by molar-refractivity contribution is -0.123. The van der Waals surface area contributed by atoms with Gasteiger partial charge in [0.2, 0.25) is 0 Å². The van der Waals surface area contributed by atoms with Crippen LogP contribution in [0.1, 0.15) is 19.3 Å². The molecule has 0 spiro atoms. The largest absolute Gasteiger partial charge is 0.464 e. The third-order valence-electron chi connectivity index (χ3n) is 1.94. The molecule has 0 bridgehead atoms. The van der Waals surface area contributed by atoms with E-state index < -0.39 is 0 Å². The van der Waals surface area contributed by atoms with E-state index in [4.69, 9.17) is 14.2 Å². The molecule has 4 heteroatoms. The summed E-state index contributed by atoms with van der Waals surface area (Å²) in [6.45, 7) is 1.15. The Labute approximate surface area is 83.8 Å². The van der Waals surface area contributed by atoms with E-state index in [-0.39, 0.29) is 12.6 Å². The normalized spacial score (nSPS) is 16.6. The van der Waals surface area contributed by atoms with Crippen LogP contribution in [0.3, 0.4) is 0 Å². The minimum atomic E-state index is 0.0755. The molecule has 0 aromatic carbocycles. The molecule has 0 aliphatic heterocycles. The van der Waals surface area contributed by atoms with Crippen LogP contribution < -0.4 is 0 Å². The maximum absolute atomic E-state index is 11.2. The first-order valence-corrected chi connectivity index (χ1v) is 4.77. The molecule has 0 radical (unpaired) electrons. The van der Waals surface area contributed by atoms with Gasteiger partial charge in [-0.2, -0.15) is 0 Å². The number of hydrogen-bond donors (Lipinski definition) is 0. The molecular formula is C10H16O4. The average Bonchev–Trinajstić information content (AvgIpc) is 2.20. The molecule has 1 rings (SSSR count). The Morgan fingerprint density at radius 2 is 2.29 bits per heavy atom. The van der Waals surface area contributed by atoms with Crippen LogP contribution in [0, 0.1) is 0 Å². The van der Waals surface area contributed by atoms with Gasteiger partial charge in [0, 0.05) is 13.5 Å². The van der Waals surface area contributed by atoms with Gasteiger partial charge in [-0.05, 0) is 18.9 Å². The molecule has 0 saturated carbocycles. The Hall–Kier alpha value is -0.870. The van der Waals surface area contributed by atoms with Crippen molar-refractivity contribution in [2.45, 2.75) is 19.3 Å². The molecule has 1 aliphatic rings. The summed E-state index contributed by atoms with van der Waals surface area (Å²) in [5.41, 5.74) is 0. The fraction of sp³-hybridized carbons (Fsp3) is 0.700. The van der Waals surface area contributed by atoms with E-state index in [2.05, 4.69) is 0 Å². The van der Waals surface area contributed by atoms with Crippen LogP contribution in [-0.2, 0) is 19.0 Å². The summed E-state index contributed by atoms with van der Waals surface area (Å²) >= 11 is 0. The summed E-state index contributed by atoms with van der Waals surface area (Å²) in [5, 5.41) is 0. The first-order valence-electron chi connectivity index (χ1n) is 4.77. The summed E-state index contributed by atoms with van der Waals surface area (Å²) in [6.07, 6.45) is 4.25. The standard InChI is InChI=1S/C10H16O4/c1-12-6-7-13-8-14-10-5-3-2-4-9(10)11/h5H,2-4,6-8H2,1H3. The van der Waals surface area contributed by atoms with Crippen molar-refractivity contribution in [2.75, 3.05) is 27.1 Å². The highest BCUT2D eigenvalue weighted by Crippen LogP contribution is 2.14. The number of allylic oxidation sites excluding steroid dienone is 2. The zero-order chi connectivity index (χ0) is 10.2. The highest BCUT2D eigenvalue weighted by atomic mass is 16.7. The number of ether oxygens (including phenoxy) is 3. The van der Waals surface area contributed by atoms with Gasteiger partial charge in [0.25, 0.3) is 0 Å². The first-order chi connectivity index (χ1) is 6.84. The first kappa shape index (κ1) is 11.2. The summed E-state index contributed by atoms with van der Waals surface area (Å²) in [7, 11) is 1.61. The van der Waals surface area contributed by atoms with Crippen LogP contribution in [0.15, 0.2) is 11.8 Å². The fourth-order valence-electron chi connectivity index (χ4n) is 1.18. The van der Waals surface area contributed by atoms with Crippen molar-refractivity contribution < 1.29 is 19.0 Å². The fourth-order valence-corrected chi connectivity index (χ4v) is 1.18. The van der Waals surface area contributed by atoms with E-state index >= 15 is 0 Å². The molecule has 0 fully saturated rings. The molecule has 4 nitrogen and oxygen atoms in total. The van der Waals surface area contributed by atoms with E-state index in [1.54, 1.807) is 7.11 Å². The molecule has 0 amide bonds. The van der Waals surface area contributed by atoms with Crippen LogP contribution in [0.4, 0.5) is 0 Å². The molecule has 0 heterocycles. The third-order valence-corrected chi connectivity index (χ3v) is 1.94. The second-order valence-corrected chi connectivity index (χ2v) is 3.05. The van der Waals surface area contributed by atoms with Crippen molar-refractivity contribution in [1.29, 1.82) is 0 Å². The van der Waals surface area contributed by atoms with Gasteiger partial charge in [0.1, 0.15) is 0 Å². The number of carbonyl (C=O) groups excluding carboxylic acids is 1. The van der Waals surface area contributed by atoms with Gasteiger partial charge >= 0.3 is 0 Å². The van der Waals surface area contributed by atoms with Crippen molar-refractivity contribution >= 4 is 5.78 Å². The zero-order valence-electron chi connectivity index (χ0n) is 8.45. The zero-order valence-corrected chi connectivity index (χ0v) is 8.45. The Morgan fingerprint density at radius 1 is 1.43 bits per heavy atom. The van der Waals surface area contributed by atoms with E-state index in [0.29, 0.717) is 25.4 Å². The molecule has 0 unspecified atom stereocenters. The third kappa shape index (κ3) is 3.89. The molecule has 1 aliphatic carbocycles. The predicted octanol–water partition coefficient (Wildman–Crippen LogP) is 1.26. The lowest BCUT2D eigenvalue weighted by Gasteiger charge is -2.12. The number of rotatable bonds is 6. The number of hydrogen-bond acceptors (Lipinski definition) is 4. The SMILES string of the molecule is COCCOCOC1=CCCCC1=O. The molecule has 0 aromatic heterocycles. The number of ketones is 1. The van der Waals surface area contributed by atoms with Gasteiger partial charge in [-0.3, -0.25) is 4.79 Å². The van der Waals surface area contributed by atoms with Crippen LogP contribution in [-0.4, -0.2) is 32.9 Å². The molecule has 14 heavy (non-hydrogen) atoms. The van der Waals surface area contributed by atoms with Crippen LogP contribution >= 0.6 is 0 Å². The van der Waals surface area contributed by atoms with E-state index in [1.807, 2.05) is 6.08 Å². The van der Waals surface area contributed by atoms with Crippen molar-refractivity contribution in [3.8, 4) is 0 Å². The highest BCUT2D eigenvalue weighted by molar-refractivity contribution is 5.94. The second kappa shape index (κ2) is 6.56. The maximum Gasteiger partial charge on any atom is 0.197 e. The Balaban J connectivity index is 2.11. The minimum absolute atomic E-state index is 0.0755. The summed E-state index contributed by atoms with van der Waals surface area (Å²) < 4.78 is 15.1. The van der Waals surface area contributed by atoms with Crippen LogP contribution in [0.2, 0.25) is 0 Å². The van der Waals surface area contributed by atoms with Gasteiger partial charge < -0.3 is 14.2 Å². The van der Waals surface area contributed by atoms with Crippen LogP contribution in [0.25, 0.3) is 0 Å². The highest BCUT2D eigenvalue weighted by Gasteiger charge is 2.14. The Kier molecular flexibility index (Phi) is 5.25. The predicted molar refractivity (Wildman–Crippen MR) is 50.7 cm³/mol. The van der Waals surface area contributed by atoms with Gasteiger partial charge in [0.15, 0.2) is 18.3 Å². The quantitative estimate of drug-likeness (QED) is 0.478. The van der Waals surface area contributed by atoms with Gasteiger partial charge in [0.05, 0.1) is 13.2 Å². The van der Waals surface area contributed by atoms with Gasteiger partial charge in [-0.1, -0.05) is 0 Å². The topological polar surface area (TPSA) is 44.8 Å². The summed E-state index contributed by atoms with van der Waals surface area (Å²) in [6, 6.07) is 0. The number of carbonyl (C=O) groups is 1. The molecule has 0 saturated heterocycles. The van der Waals surface area contributed by atoms with Gasteiger partial charge in [-0.15, -0.1) is 0 Å². The minimum Gasteiger partial charge on any atom is -0.464 e. The van der Waals surface area contributed by atoms with E-state index in [0.717, 1.165) is 12.8 Å². The molecule has 80 valence electrons. The molecule has 0 aromatic rings.